The number of amides is 3. The average molecular weight is 366 g/mol. The first kappa shape index (κ1) is 15.0. The summed E-state index contributed by atoms with van der Waals surface area (Å²) in [6, 6.07) is 5.87. The third kappa shape index (κ3) is 2.72. The number of nitrogens with one attached hydrogen (secondary N) is 2. The topological polar surface area (TPSA) is 78.5 Å². The lowest BCUT2D eigenvalue weighted by Gasteiger charge is -2.32. The minimum atomic E-state index is -0.496. The van der Waals surface area contributed by atoms with Crippen LogP contribution in [0.4, 0.5) is 0 Å². The summed E-state index contributed by atoms with van der Waals surface area (Å²) in [4.78, 5) is 37.8. The molecule has 3 amide bonds. The van der Waals surface area contributed by atoms with Gasteiger partial charge in [-0.1, -0.05) is 15.9 Å². The molecule has 2 saturated heterocycles. The summed E-state index contributed by atoms with van der Waals surface area (Å²) in [5, 5.41) is 5.56. The predicted molar refractivity (Wildman–Crippen MR) is 83.1 cm³/mol. The summed E-state index contributed by atoms with van der Waals surface area (Å²) in [5.41, 5.74) is 0.553. The maximum Gasteiger partial charge on any atom is 0.251 e. The van der Waals surface area contributed by atoms with Gasteiger partial charge in [0.2, 0.25) is 11.8 Å². The minimum Gasteiger partial charge on any atom is -0.347 e. The van der Waals surface area contributed by atoms with Crippen molar-refractivity contribution in [3.8, 4) is 0 Å². The molecule has 2 aliphatic rings. The van der Waals surface area contributed by atoms with E-state index in [0.29, 0.717) is 18.5 Å². The fourth-order valence-electron chi connectivity index (χ4n) is 2.92. The quantitative estimate of drug-likeness (QED) is 0.808. The molecule has 0 aromatic heterocycles. The van der Waals surface area contributed by atoms with Crippen LogP contribution in [0.5, 0.6) is 0 Å². The summed E-state index contributed by atoms with van der Waals surface area (Å²) in [5.74, 6) is -0.435. The van der Waals surface area contributed by atoms with Crippen molar-refractivity contribution < 1.29 is 14.4 Å². The highest BCUT2D eigenvalue weighted by molar-refractivity contribution is 9.10. The highest BCUT2D eigenvalue weighted by Crippen LogP contribution is 2.23. The Balaban J connectivity index is 1.68. The number of hydrogen-bond acceptors (Lipinski definition) is 3. The van der Waals surface area contributed by atoms with Crippen LogP contribution < -0.4 is 10.6 Å². The second-order valence-electron chi connectivity index (χ2n) is 5.65. The first-order valence-electron chi connectivity index (χ1n) is 7.13. The first-order valence-corrected chi connectivity index (χ1v) is 7.92. The van der Waals surface area contributed by atoms with Crippen molar-refractivity contribution in [1.29, 1.82) is 0 Å². The normalized spacial score (nSPS) is 27.4. The molecule has 116 valence electrons. The molecule has 0 bridgehead atoms. The van der Waals surface area contributed by atoms with Gasteiger partial charge in [-0.05, 0) is 37.6 Å². The molecule has 0 aliphatic carbocycles. The summed E-state index contributed by atoms with van der Waals surface area (Å²) in [6.45, 7) is 2.05. The molecule has 1 aromatic carbocycles. The van der Waals surface area contributed by atoms with Gasteiger partial charge in [0.1, 0.15) is 12.1 Å². The number of fused-ring (bicyclic) bond motifs is 1. The Morgan fingerprint density at radius 2 is 2.00 bits per heavy atom. The van der Waals surface area contributed by atoms with Gasteiger partial charge in [-0.2, -0.15) is 0 Å². The van der Waals surface area contributed by atoms with Crippen LogP contribution >= 0.6 is 15.9 Å². The van der Waals surface area contributed by atoms with Gasteiger partial charge >= 0.3 is 0 Å². The molecule has 0 spiro atoms. The van der Waals surface area contributed by atoms with Crippen molar-refractivity contribution in [2.75, 3.05) is 6.54 Å². The van der Waals surface area contributed by atoms with E-state index < -0.39 is 12.1 Å². The Morgan fingerprint density at radius 1 is 1.32 bits per heavy atom. The predicted octanol–water partition coefficient (Wildman–Crippen LogP) is 0.667. The molecule has 0 radical (unpaired) electrons. The maximum absolute atomic E-state index is 12.2. The van der Waals surface area contributed by atoms with Gasteiger partial charge < -0.3 is 15.5 Å². The van der Waals surface area contributed by atoms with E-state index in [9.17, 15) is 14.4 Å². The molecule has 3 rings (SSSR count). The van der Waals surface area contributed by atoms with E-state index in [4.69, 9.17) is 0 Å². The van der Waals surface area contributed by atoms with Gasteiger partial charge in [0.25, 0.3) is 5.91 Å². The molecular formula is C15H16BrN3O3. The number of nitrogens with zero attached hydrogens (tertiary/aromatic N) is 1. The smallest absolute Gasteiger partial charge is 0.251 e. The van der Waals surface area contributed by atoms with Gasteiger partial charge in [0.15, 0.2) is 0 Å². The Morgan fingerprint density at radius 3 is 2.68 bits per heavy atom. The molecule has 2 aliphatic heterocycles. The monoisotopic (exact) mass is 365 g/mol. The van der Waals surface area contributed by atoms with E-state index in [1.165, 1.54) is 0 Å². The zero-order chi connectivity index (χ0) is 15.9. The Bertz CT molecular complexity index is 631. The molecule has 1 aromatic rings. The van der Waals surface area contributed by atoms with E-state index in [2.05, 4.69) is 26.6 Å². The summed E-state index contributed by atoms with van der Waals surface area (Å²) in [7, 11) is 0. The second kappa shape index (κ2) is 5.72. The molecule has 22 heavy (non-hydrogen) atoms. The third-order valence-electron chi connectivity index (χ3n) is 4.06. The average Bonchev–Trinajstić information content (AvgIpc) is 2.90. The van der Waals surface area contributed by atoms with Crippen molar-refractivity contribution in [3.63, 3.8) is 0 Å². The van der Waals surface area contributed by atoms with Crippen LogP contribution in [0.15, 0.2) is 28.7 Å². The fraction of sp³-hybridized carbons (Fsp3) is 0.400. The third-order valence-corrected chi connectivity index (χ3v) is 4.59. The highest BCUT2D eigenvalue weighted by atomic mass is 79.9. The lowest BCUT2D eigenvalue weighted by Crippen LogP contribution is -2.60. The van der Waals surface area contributed by atoms with E-state index in [0.717, 1.165) is 4.47 Å². The van der Waals surface area contributed by atoms with Gasteiger partial charge in [0.05, 0.1) is 0 Å². The number of rotatable bonds is 2. The Kier molecular flexibility index (Phi) is 3.90. The van der Waals surface area contributed by atoms with Gasteiger partial charge in [-0.3, -0.25) is 14.4 Å². The summed E-state index contributed by atoms with van der Waals surface area (Å²) < 4.78 is 0.901. The maximum atomic E-state index is 12.2. The van der Waals surface area contributed by atoms with Crippen LogP contribution in [-0.2, 0) is 9.59 Å². The first-order chi connectivity index (χ1) is 10.5. The van der Waals surface area contributed by atoms with Crippen LogP contribution in [-0.4, -0.2) is 47.3 Å². The van der Waals surface area contributed by atoms with Crippen molar-refractivity contribution in [3.05, 3.63) is 34.3 Å². The van der Waals surface area contributed by atoms with Crippen molar-refractivity contribution in [2.24, 2.45) is 0 Å². The zero-order valence-corrected chi connectivity index (χ0v) is 13.6. The summed E-state index contributed by atoms with van der Waals surface area (Å²) in [6.07, 6.45) is 0.451. The number of carbonyl (C=O) groups excluding carboxylic acids is 3. The number of halogens is 1. The van der Waals surface area contributed by atoms with Crippen LogP contribution in [0.3, 0.4) is 0 Å². The molecule has 2 N–H and O–H groups in total. The lowest BCUT2D eigenvalue weighted by atomic mass is 10.1. The fourth-order valence-corrected chi connectivity index (χ4v) is 3.19. The van der Waals surface area contributed by atoms with Crippen LogP contribution in [0.25, 0.3) is 0 Å². The second-order valence-corrected chi connectivity index (χ2v) is 6.57. The number of benzene rings is 1. The molecular weight excluding hydrogens is 350 g/mol. The van der Waals surface area contributed by atoms with Gasteiger partial charge in [0, 0.05) is 22.6 Å². The molecule has 7 heteroatoms. The molecule has 0 saturated carbocycles. The molecule has 2 heterocycles. The SMILES string of the molecule is C[C@@H]1NC(=O)[C@@H]2C[C@H](NC(=O)c3ccc(Br)cc3)CN2C1=O. The van der Waals surface area contributed by atoms with E-state index in [1.807, 2.05) is 0 Å². The Hall–Kier alpha value is -1.89. The van der Waals surface area contributed by atoms with E-state index in [1.54, 1.807) is 36.1 Å². The van der Waals surface area contributed by atoms with Gasteiger partial charge in [-0.25, -0.2) is 0 Å². The van der Waals surface area contributed by atoms with E-state index in [-0.39, 0.29) is 23.8 Å². The van der Waals surface area contributed by atoms with Crippen LogP contribution in [0, 0.1) is 0 Å². The van der Waals surface area contributed by atoms with Crippen molar-refractivity contribution in [1.82, 2.24) is 15.5 Å². The summed E-state index contributed by atoms with van der Waals surface area (Å²) >= 11 is 3.32. The van der Waals surface area contributed by atoms with Crippen LogP contribution in [0.2, 0.25) is 0 Å². The number of hydrogen-bond donors (Lipinski definition) is 2. The van der Waals surface area contributed by atoms with Crippen molar-refractivity contribution in [2.45, 2.75) is 31.5 Å². The van der Waals surface area contributed by atoms with Crippen molar-refractivity contribution >= 4 is 33.7 Å². The standard InChI is InChI=1S/C15H16BrN3O3/c1-8-15(22)19-7-11(6-12(19)14(21)17-8)18-13(20)9-2-4-10(16)5-3-9/h2-5,8,11-12H,6-7H2,1H3,(H,17,21)(H,18,20)/t8-,11-,12-/m0/s1. The number of carbonyl (C=O) groups is 3. The Labute approximate surface area is 136 Å². The highest BCUT2D eigenvalue weighted by Gasteiger charge is 2.45. The van der Waals surface area contributed by atoms with Gasteiger partial charge in [-0.15, -0.1) is 0 Å². The molecule has 6 nitrogen and oxygen atoms in total. The molecule has 2 fully saturated rings. The zero-order valence-electron chi connectivity index (χ0n) is 12.0. The molecule has 3 atom stereocenters. The van der Waals surface area contributed by atoms with Crippen LogP contribution in [0.1, 0.15) is 23.7 Å². The minimum absolute atomic E-state index is 0.0926. The van der Waals surface area contributed by atoms with E-state index >= 15 is 0 Å². The molecule has 0 unspecified atom stereocenters. The lowest BCUT2D eigenvalue weighted by molar-refractivity contribution is -0.146. The largest absolute Gasteiger partial charge is 0.347 e. The number of piperazine rings is 1.